The maximum Gasteiger partial charge on any atom is 0.258 e. The van der Waals surface area contributed by atoms with Crippen molar-refractivity contribution in [2.24, 2.45) is 0 Å². The summed E-state index contributed by atoms with van der Waals surface area (Å²) in [7, 11) is 0. The lowest BCUT2D eigenvalue weighted by molar-refractivity contribution is -0.128. The number of furan rings is 1. The second kappa shape index (κ2) is 8.49. The fourth-order valence-electron chi connectivity index (χ4n) is 2.23. The standard InChI is InChI=1S/C16H17N3O4.ClH/c20-15(11-4-6-22-10-11)18-12-2-1-3-13(8-12)19-16(21)14-9-17-5-7-23-14;/h1-4,6,8,10,14,17H,5,7,9H2,(H,18,20)(H,19,21);1H. The minimum Gasteiger partial charge on any atom is -0.472 e. The Morgan fingerprint density at radius 3 is 2.62 bits per heavy atom. The van der Waals surface area contributed by atoms with Crippen LogP contribution in [0.1, 0.15) is 10.4 Å². The van der Waals surface area contributed by atoms with Gasteiger partial charge in [0.1, 0.15) is 12.4 Å². The molecule has 3 N–H and O–H groups in total. The van der Waals surface area contributed by atoms with E-state index in [2.05, 4.69) is 16.0 Å². The SMILES string of the molecule is Cl.O=C(Nc1cccc(NC(=O)C2CNCCO2)c1)c1ccoc1. The van der Waals surface area contributed by atoms with E-state index in [1.807, 2.05) is 0 Å². The zero-order valence-electron chi connectivity index (χ0n) is 12.8. The summed E-state index contributed by atoms with van der Waals surface area (Å²) in [4.78, 5) is 24.1. The Hall–Kier alpha value is -2.35. The summed E-state index contributed by atoms with van der Waals surface area (Å²) in [6.07, 6.45) is 2.30. The van der Waals surface area contributed by atoms with Gasteiger partial charge >= 0.3 is 0 Å². The van der Waals surface area contributed by atoms with Gasteiger partial charge in [-0.3, -0.25) is 9.59 Å². The van der Waals surface area contributed by atoms with Crippen LogP contribution in [0.4, 0.5) is 11.4 Å². The number of hydrogen-bond acceptors (Lipinski definition) is 5. The second-order valence-corrected chi connectivity index (χ2v) is 5.10. The highest BCUT2D eigenvalue weighted by atomic mass is 35.5. The molecule has 1 unspecified atom stereocenters. The molecule has 1 saturated heterocycles. The number of amides is 2. The first-order chi connectivity index (χ1) is 11.2. The molecule has 1 aliphatic heterocycles. The zero-order chi connectivity index (χ0) is 16.1. The largest absolute Gasteiger partial charge is 0.472 e. The first kappa shape index (κ1) is 18.0. The maximum atomic E-state index is 12.1. The van der Waals surface area contributed by atoms with Gasteiger partial charge in [-0.05, 0) is 24.3 Å². The third-order valence-corrected chi connectivity index (χ3v) is 3.39. The quantitative estimate of drug-likeness (QED) is 0.782. The van der Waals surface area contributed by atoms with Crippen molar-refractivity contribution in [1.29, 1.82) is 0 Å². The summed E-state index contributed by atoms with van der Waals surface area (Å²) in [5, 5.41) is 8.63. The summed E-state index contributed by atoms with van der Waals surface area (Å²) < 4.78 is 10.3. The van der Waals surface area contributed by atoms with E-state index in [9.17, 15) is 9.59 Å². The smallest absolute Gasteiger partial charge is 0.258 e. The molecule has 1 atom stereocenters. The van der Waals surface area contributed by atoms with E-state index < -0.39 is 6.10 Å². The molecule has 0 aliphatic carbocycles. The predicted octanol–water partition coefficient (Wildman–Crippen LogP) is 1.88. The lowest BCUT2D eigenvalue weighted by Gasteiger charge is -2.22. The number of hydrogen-bond donors (Lipinski definition) is 3. The van der Waals surface area contributed by atoms with Crippen LogP contribution in [0, 0.1) is 0 Å². The van der Waals surface area contributed by atoms with Crippen molar-refractivity contribution in [1.82, 2.24) is 5.32 Å². The molecule has 2 heterocycles. The van der Waals surface area contributed by atoms with Crippen LogP contribution in [0.25, 0.3) is 0 Å². The lowest BCUT2D eigenvalue weighted by atomic mass is 10.2. The van der Waals surface area contributed by atoms with Gasteiger partial charge in [-0.25, -0.2) is 0 Å². The van der Waals surface area contributed by atoms with Crippen LogP contribution in [-0.4, -0.2) is 37.6 Å². The number of carbonyl (C=O) groups excluding carboxylic acids is 2. The van der Waals surface area contributed by atoms with E-state index in [1.165, 1.54) is 12.5 Å². The number of benzene rings is 1. The number of morpholine rings is 1. The molecule has 1 aromatic heterocycles. The molecule has 3 rings (SSSR count). The number of halogens is 1. The highest BCUT2D eigenvalue weighted by Gasteiger charge is 2.21. The van der Waals surface area contributed by atoms with Crippen molar-refractivity contribution in [3.05, 3.63) is 48.4 Å². The van der Waals surface area contributed by atoms with E-state index in [-0.39, 0.29) is 24.2 Å². The van der Waals surface area contributed by atoms with Crippen LogP contribution in [0.5, 0.6) is 0 Å². The third kappa shape index (κ3) is 4.58. The number of anilines is 2. The van der Waals surface area contributed by atoms with Crippen molar-refractivity contribution in [2.75, 3.05) is 30.3 Å². The zero-order valence-corrected chi connectivity index (χ0v) is 13.6. The molecule has 1 aliphatic rings. The highest BCUT2D eigenvalue weighted by Crippen LogP contribution is 2.17. The van der Waals surface area contributed by atoms with E-state index in [1.54, 1.807) is 30.3 Å². The molecule has 7 nitrogen and oxygen atoms in total. The van der Waals surface area contributed by atoms with Gasteiger partial charge in [-0.15, -0.1) is 12.4 Å². The normalized spacial score (nSPS) is 16.8. The topological polar surface area (TPSA) is 92.6 Å². The van der Waals surface area contributed by atoms with Crippen LogP contribution >= 0.6 is 12.4 Å². The van der Waals surface area contributed by atoms with Crippen LogP contribution in [0.15, 0.2) is 47.3 Å². The predicted molar refractivity (Wildman–Crippen MR) is 91.6 cm³/mol. The van der Waals surface area contributed by atoms with E-state index in [4.69, 9.17) is 9.15 Å². The molecule has 0 radical (unpaired) electrons. The molecule has 1 aromatic carbocycles. The molecule has 2 aromatic rings. The Morgan fingerprint density at radius 2 is 1.96 bits per heavy atom. The molecule has 1 fully saturated rings. The average molecular weight is 352 g/mol. The van der Waals surface area contributed by atoms with Crippen molar-refractivity contribution >= 4 is 35.6 Å². The van der Waals surface area contributed by atoms with E-state index >= 15 is 0 Å². The Balaban J connectivity index is 0.00000208. The first-order valence-corrected chi connectivity index (χ1v) is 7.29. The van der Waals surface area contributed by atoms with Crippen molar-refractivity contribution in [3.8, 4) is 0 Å². The van der Waals surface area contributed by atoms with E-state index in [0.29, 0.717) is 30.1 Å². The first-order valence-electron chi connectivity index (χ1n) is 7.29. The summed E-state index contributed by atoms with van der Waals surface area (Å²) >= 11 is 0. The number of rotatable bonds is 4. The van der Waals surface area contributed by atoms with Crippen LogP contribution in [0.2, 0.25) is 0 Å². The Labute approximate surface area is 145 Å². The minimum atomic E-state index is -0.507. The molecule has 8 heteroatoms. The fourth-order valence-corrected chi connectivity index (χ4v) is 2.23. The van der Waals surface area contributed by atoms with Gasteiger partial charge in [0.2, 0.25) is 0 Å². The van der Waals surface area contributed by atoms with Gasteiger partial charge in [0, 0.05) is 24.5 Å². The van der Waals surface area contributed by atoms with Gasteiger partial charge in [0.25, 0.3) is 11.8 Å². The maximum absolute atomic E-state index is 12.1. The monoisotopic (exact) mass is 351 g/mol. The van der Waals surface area contributed by atoms with Gasteiger partial charge in [-0.2, -0.15) is 0 Å². The van der Waals surface area contributed by atoms with Crippen molar-refractivity contribution < 1.29 is 18.7 Å². The minimum absolute atomic E-state index is 0. The molecule has 0 saturated carbocycles. The summed E-state index contributed by atoms with van der Waals surface area (Å²) in [6.45, 7) is 1.75. The Kier molecular flexibility index (Phi) is 6.36. The molecule has 0 bridgehead atoms. The van der Waals surface area contributed by atoms with Crippen molar-refractivity contribution in [3.63, 3.8) is 0 Å². The second-order valence-electron chi connectivity index (χ2n) is 5.10. The Morgan fingerprint density at radius 1 is 1.17 bits per heavy atom. The summed E-state index contributed by atoms with van der Waals surface area (Å²) in [5.41, 5.74) is 1.60. The summed E-state index contributed by atoms with van der Waals surface area (Å²) in [5.74, 6) is -0.488. The van der Waals surface area contributed by atoms with E-state index in [0.717, 1.165) is 6.54 Å². The number of ether oxygens (including phenoxy) is 1. The van der Waals surface area contributed by atoms with Crippen LogP contribution in [0.3, 0.4) is 0 Å². The molecule has 2 amide bonds. The fraction of sp³-hybridized carbons (Fsp3) is 0.250. The van der Waals surface area contributed by atoms with Crippen molar-refractivity contribution in [2.45, 2.75) is 6.10 Å². The van der Waals surface area contributed by atoms with Gasteiger partial charge in [0.05, 0.1) is 18.4 Å². The molecular weight excluding hydrogens is 334 g/mol. The molecule has 128 valence electrons. The highest BCUT2D eigenvalue weighted by molar-refractivity contribution is 6.04. The van der Waals surface area contributed by atoms with Gasteiger partial charge in [-0.1, -0.05) is 6.07 Å². The van der Waals surface area contributed by atoms with Gasteiger partial charge < -0.3 is 25.1 Å². The molecular formula is C16H18ClN3O4. The molecule has 0 spiro atoms. The Bertz CT molecular complexity index is 684. The third-order valence-electron chi connectivity index (χ3n) is 3.39. The molecule has 24 heavy (non-hydrogen) atoms. The van der Waals surface area contributed by atoms with Crippen LogP contribution in [-0.2, 0) is 9.53 Å². The summed E-state index contributed by atoms with van der Waals surface area (Å²) in [6, 6.07) is 8.51. The van der Waals surface area contributed by atoms with Gasteiger partial charge in [0.15, 0.2) is 0 Å². The van der Waals surface area contributed by atoms with Crippen LogP contribution < -0.4 is 16.0 Å². The average Bonchev–Trinajstić information content (AvgIpc) is 3.10. The lowest BCUT2D eigenvalue weighted by Crippen LogP contribution is -2.45. The number of nitrogens with one attached hydrogen (secondary N) is 3. The number of carbonyl (C=O) groups is 2.